The number of hydrogen-bond acceptors (Lipinski definition) is 3. The van der Waals surface area contributed by atoms with Crippen LogP contribution in [0.25, 0.3) is 0 Å². The van der Waals surface area contributed by atoms with E-state index in [0.717, 1.165) is 29.8 Å². The van der Waals surface area contributed by atoms with Crippen molar-refractivity contribution >= 4 is 23.6 Å². The molecule has 1 atom stereocenters. The minimum Gasteiger partial charge on any atom is -0.336 e. The van der Waals surface area contributed by atoms with Crippen molar-refractivity contribution in [3.05, 3.63) is 41.6 Å². The highest BCUT2D eigenvalue weighted by Gasteiger charge is 2.22. The minimum absolute atomic E-state index is 0.0729. The number of rotatable bonds is 5. The predicted octanol–water partition coefficient (Wildman–Crippen LogP) is 4.11. The molecule has 1 unspecified atom stereocenters. The number of amides is 4. The van der Waals surface area contributed by atoms with E-state index in [4.69, 9.17) is 0 Å². The fourth-order valence-corrected chi connectivity index (χ4v) is 4.34. The van der Waals surface area contributed by atoms with Crippen molar-refractivity contribution in [2.24, 2.45) is 0 Å². The Morgan fingerprint density at radius 2 is 1.93 bits per heavy atom. The Bertz CT molecular complexity index is 901. The van der Waals surface area contributed by atoms with Gasteiger partial charge in [-0.3, -0.25) is 14.9 Å². The van der Waals surface area contributed by atoms with Crippen LogP contribution in [-0.4, -0.2) is 34.9 Å². The average molecular weight is 411 g/mol. The number of aromatic nitrogens is 2. The van der Waals surface area contributed by atoms with Crippen LogP contribution >= 0.6 is 0 Å². The maximum Gasteiger partial charge on any atom is 0.321 e. The monoisotopic (exact) mass is 410 g/mol. The number of nitrogens with zero attached hydrogens (tertiary/aromatic N) is 3. The van der Waals surface area contributed by atoms with Crippen molar-refractivity contribution in [3.8, 4) is 0 Å². The van der Waals surface area contributed by atoms with E-state index in [-0.39, 0.29) is 18.1 Å². The molecular weight excluding hydrogens is 380 g/mol. The molecule has 4 amide bonds. The SMILES string of the molecule is Cc1cc(NC(=O)NC(C)c2ccc(N3CCNC3=O)cc2)nn1C1CCCCC1. The van der Waals surface area contributed by atoms with Crippen molar-refractivity contribution < 1.29 is 9.59 Å². The molecule has 0 bridgehead atoms. The average Bonchev–Trinajstić information content (AvgIpc) is 3.33. The summed E-state index contributed by atoms with van der Waals surface area (Å²) in [5, 5.41) is 13.2. The van der Waals surface area contributed by atoms with E-state index in [1.165, 1.54) is 19.3 Å². The lowest BCUT2D eigenvalue weighted by atomic mass is 9.95. The number of urea groups is 2. The highest BCUT2D eigenvalue weighted by molar-refractivity contribution is 5.94. The standard InChI is InChI=1S/C22H30N6O2/c1-15-14-20(26-28(15)19-6-4-3-5-7-19)25-21(29)24-16(2)17-8-10-18(11-9-17)27-13-12-23-22(27)30/h8-11,14,16,19H,3-7,12-13H2,1-2H3,(H,23,30)(H2,24,25,26,29). The van der Waals surface area contributed by atoms with Gasteiger partial charge >= 0.3 is 12.1 Å². The van der Waals surface area contributed by atoms with Crippen molar-refractivity contribution in [2.45, 2.75) is 58.0 Å². The molecule has 1 saturated carbocycles. The van der Waals surface area contributed by atoms with Crippen LogP contribution in [-0.2, 0) is 0 Å². The number of hydrogen-bond donors (Lipinski definition) is 3. The van der Waals surface area contributed by atoms with Gasteiger partial charge in [0.1, 0.15) is 0 Å². The van der Waals surface area contributed by atoms with Gasteiger partial charge in [0, 0.05) is 30.5 Å². The fourth-order valence-electron chi connectivity index (χ4n) is 4.34. The number of benzene rings is 1. The molecule has 0 radical (unpaired) electrons. The Morgan fingerprint density at radius 3 is 2.60 bits per heavy atom. The van der Waals surface area contributed by atoms with Crippen molar-refractivity contribution in [2.75, 3.05) is 23.3 Å². The maximum atomic E-state index is 12.5. The first-order valence-electron chi connectivity index (χ1n) is 10.8. The zero-order chi connectivity index (χ0) is 21.1. The van der Waals surface area contributed by atoms with E-state index in [0.29, 0.717) is 24.9 Å². The molecule has 2 aliphatic rings. The van der Waals surface area contributed by atoms with E-state index in [2.05, 4.69) is 25.7 Å². The molecule has 30 heavy (non-hydrogen) atoms. The zero-order valence-corrected chi connectivity index (χ0v) is 17.6. The van der Waals surface area contributed by atoms with E-state index in [1.54, 1.807) is 4.90 Å². The Morgan fingerprint density at radius 1 is 1.20 bits per heavy atom. The third-order valence-corrected chi connectivity index (χ3v) is 5.99. The molecule has 1 saturated heterocycles. The van der Waals surface area contributed by atoms with Crippen LogP contribution in [0, 0.1) is 6.92 Å². The molecule has 2 aromatic rings. The molecule has 1 aliphatic carbocycles. The minimum atomic E-state index is -0.279. The molecule has 3 N–H and O–H groups in total. The third kappa shape index (κ3) is 4.42. The van der Waals surface area contributed by atoms with Gasteiger partial charge in [0.05, 0.1) is 12.1 Å². The number of carbonyl (C=O) groups is 2. The molecule has 8 heteroatoms. The van der Waals surface area contributed by atoms with Gasteiger partial charge in [-0.2, -0.15) is 5.10 Å². The normalized spacial score (nSPS) is 18.2. The van der Waals surface area contributed by atoms with Crippen LogP contribution < -0.4 is 20.9 Å². The zero-order valence-electron chi connectivity index (χ0n) is 17.6. The second-order valence-corrected chi connectivity index (χ2v) is 8.20. The molecule has 4 rings (SSSR count). The number of aryl methyl sites for hydroxylation is 1. The lowest BCUT2D eigenvalue weighted by Gasteiger charge is -2.23. The van der Waals surface area contributed by atoms with E-state index in [1.807, 2.05) is 44.2 Å². The Kier molecular flexibility index (Phi) is 5.92. The molecule has 2 fully saturated rings. The summed E-state index contributed by atoms with van der Waals surface area (Å²) in [5.74, 6) is 0.582. The summed E-state index contributed by atoms with van der Waals surface area (Å²) >= 11 is 0. The fraction of sp³-hybridized carbons (Fsp3) is 0.500. The lowest BCUT2D eigenvalue weighted by Crippen LogP contribution is -2.31. The predicted molar refractivity (Wildman–Crippen MR) is 117 cm³/mol. The summed E-state index contributed by atoms with van der Waals surface area (Å²) in [6.07, 6.45) is 6.09. The Labute approximate surface area is 177 Å². The van der Waals surface area contributed by atoms with E-state index < -0.39 is 0 Å². The van der Waals surface area contributed by atoms with Crippen LogP contribution in [0.5, 0.6) is 0 Å². The van der Waals surface area contributed by atoms with Gasteiger partial charge in [0.25, 0.3) is 0 Å². The highest BCUT2D eigenvalue weighted by atomic mass is 16.2. The summed E-state index contributed by atoms with van der Waals surface area (Å²) in [7, 11) is 0. The van der Waals surface area contributed by atoms with Gasteiger partial charge in [-0.15, -0.1) is 0 Å². The number of carbonyl (C=O) groups excluding carboxylic acids is 2. The van der Waals surface area contributed by atoms with Gasteiger partial charge in [0.15, 0.2) is 5.82 Å². The number of anilines is 2. The van der Waals surface area contributed by atoms with Crippen LogP contribution in [0.1, 0.15) is 62.4 Å². The summed E-state index contributed by atoms with van der Waals surface area (Å²) in [6, 6.07) is 9.53. The van der Waals surface area contributed by atoms with Gasteiger partial charge in [-0.05, 0) is 44.4 Å². The lowest BCUT2D eigenvalue weighted by molar-refractivity contribution is 0.249. The van der Waals surface area contributed by atoms with Gasteiger partial charge in [-0.25, -0.2) is 9.59 Å². The quantitative estimate of drug-likeness (QED) is 0.693. The second-order valence-electron chi connectivity index (χ2n) is 8.20. The smallest absolute Gasteiger partial charge is 0.321 e. The summed E-state index contributed by atoms with van der Waals surface area (Å²) in [5.41, 5.74) is 2.90. The van der Waals surface area contributed by atoms with E-state index in [9.17, 15) is 9.59 Å². The molecule has 8 nitrogen and oxygen atoms in total. The first kappa shape index (κ1) is 20.3. The maximum absolute atomic E-state index is 12.5. The van der Waals surface area contributed by atoms with Gasteiger partial charge in [0.2, 0.25) is 0 Å². The first-order chi connectivity index (χ1) is 14.5. The van der Waals surface area contributed by atoms with Crippen LogP contribution in [0.4, 0.5) is 21.1 Å². The molecule has 1 aromatic heterocycles. The number of nitrogens with one attached hydrogen (secondary N) is 3. The Hall–Kier alpha value is -3.03. The molecule has 1 aliphatic heterocycles. The largest absolute Gasteiger partial charge is 0.336 e. The van der Waals surface area contributed by atoms with Crippen LogP contribution in [0.2, 0.25) is 0 Å². The van der Waals surface area contributed by atoms with Crippen LogP contribution in [0.15, 0.2) is 30.3 Å². The second kappa shape index (κ2) is 8.77. The molecule has 1 aromatic carbocycles. The summed E-state index contributed by atoms with van der Waals surface area (Å²) in [6.45, 7) is 5.30. The molecular formula is C22H30N6O2. The summed E-state index contributed by atoms with van der Waals surface area (Å²) in [4.78, 5) is 26.0. The highest BCUT2D eigenvalue weighted by Crippen LogP contribution is 2.29. The van der Waals surface area contributed by atoms with Crippen molar-refractivity contribution in [1.82, 2.24) is 20.4 Å². The Balaban J connectivity index is 1.34. The topological polar surface area (TPSA) is 91.3 Å². The third-order valence-electron chi connectivity index (χ3n) is 5.99. The van der Waals surface area contributed by atoms with Crippen molar-refractivity contribution in [3.63, 3.8) is 0 Å². The first-order valence-corrected chi connectivity index (χ1v) is 10.8. The summed E-state index contributed by atoms with van der Waals surface area (Å²) < 4.78 is 2.06. The molecule has 0 spiro atoms. The molecule has 160 valence electrons. The van der Waals surface area contributed by atoms with Gasteiger partial charge < -0.3 is 10.6 Å². The van der Waals surface area contributed by atoms with Crippen LogP contribution in [0.3, 0.4) is 0 Å². The van der Waals surface area contributed by atoms with Gasteiger partial charge in [-0.1, -0.05) is 31.4 Å². The van der Waals surface area contributed by atoms with E-state index >= 15 is 0 Å². The molecule has 2 heterocycles. The van der Waals surface area contributed by atoms with Crippen molar-refractivity contribution in [1.29, 1.82) is 0 Å².